The number of benzene rings is 1. The van der Waals surface area contributed by atoms with Crippen LogP contribution in [0.25, 0.3) is 0 Å². The summed E-state index contributed by atoms with van der Waals surface area (Å²) < 4.78 is 0. The van der Waals surface area contributed by atoms with E-state index in [0.29, 0.717) is 18.3 Å². The summed E-state index contributed by atoms with van der Waals surface area (Å²) in [5, 5.41) is 3.03. The second kappa shape index (κ2) is 6.39. The lowest BCUT2D eigenvalue weighted by Crippen LogP contribution is -2.28. The highest BCUT2D eigenvalue weighted by Gasteiger charge is 2.14. The highest BCUT2D eigenvalue weighted by Crippen LogP contribution is 2.20. The summed E-state index contributed by atoms with van der Waals surface area (Å²) in [6.45, 7) is 2.87. The number of rotatable bonds is 5. The fraction of sp³-hybridized carbons (Fsp3) is 0.438. The van der Waals surface area contributed by atoms with Gasteiger partial charge in [-0.3, -0.25) is 4.79 Å². The van der Waals surface area contributed by atoms with Crippen LogP contribution in [0.1, 0.15) is 37.7 Å². The van der Waals surface area contributed by atoms with Gasteiger partial charge in [0.25, 0.3) is 0 Å². The second-order valence-corrected chi connectivity index (χ2v) is 5.09. The Morgan fingerprint density at radius 3 is 2.83 bits per heavy atom. The van der Waals surface area contributed by atoms with Gasteiger partial charge >= 0.3 is 0 Å². The third-order valence-corrected chi connectivity index (χ3v) is 3.53. The Labute approximate surface area is 109 Å². The molecule has 2 atom stereocenters. The highest BCUT2D eigenvalue weighted by atomic mass is 16.1. The van der Waals surface area contributed by atoms with E-state index in [0.717, 1.165) is 19.4 Å². The molecule has 0 saturated heterocycles. The summed E-state index contributed by atoms with van der Waals surface area (Å²) in [5.74, 6) is 1.00. The molecule has 0 spiro atoms. The largest absolute Gasteiger partial charge is 0.355 e. The molecule has 1 aliphatic rings. The Morgan fingerprint density at radius 1 is 1.39 bits per heavy atom. The first kappa shape index (κ1) is 12.9. The monoisotopic (exact) mass is 243 g/mol. The maximum Gasteiger partial charge on any atom is 0.220 e. The zero-order chi connectivity index (χ0) is 12.8. The van der Waals surface area contributed by atoms with Crippen molar-refractivity contribution in [2.45, 2.75) is 32.1 Å². The van der Waals surface area contributed by atoms with Crippen molar-refractivity contribution in [1.29, 1.82) is 0 Å². The van der Waals surface area contributed by atoms with Crippen LogP contribution in [0, 0.1) is 5.92 Å². The number of carbonyl (C=O) groups is 1. The van der Waals surface area contributed by atoms with Gasteiger partial charge in [-0.05, 0) is 30.2 Å². The molecule has 1 aromatic rings. The van der Waals surface area contributed by atoms with E-state index in [1.54, 1.807) is 0 Å². The highest BCUT2D eigenvalue weighted by molar-refractivity contribution is 5.76. The van der Waals surface area contributed by atoms with Gasteiger partial charge < -0.3 is 5.32 Å². The number of allylic oxidation sites excluding steroid dienone is 2. The van der Waals surface area contributed by atoms with E-state index in [1.807, 2.05) is 18.2 Å². The van der Waals surface area contributed by atoms with Crippen molar-refractivity contribution in [1.82, 2.24) is 5.32 Å². The van der Waals surface area contributed by atoms with Crippen molar-refractivity contribution in [3.63, 3.8) is 0 Å². The third-order valence-electron chi connectivity index (χ3n) is 3.53. The molecule has 2 heteroatoms. The summed E-state index contributed by atoms with van der Waals surface area (Å²) in [6, 6.07) is 10.3. The number of hydrogen-bond donors (Lipinski definition) is 1. The average Bonchev–Trinajstić information content (AvgIpc) is 2.90. The molecule has 2 unspecified atom stereocenters. The Hall–Kier alpha value is -1.57. The molecule has 1 N–H and O–H groups in total. The Kier molecular flexibility index (Phi) is 4.57. The minimum Gasteiger partial charge on any atom is -0.355 e. The van der Waals surface area contributed by atoms with Crippen molar-refractivity contribution < 1.29 is 4.79 Å². The van der Waals surface area contributed by atoms with Gasteiger partial charge in [-0.2, -0.15) is 0 Å². The van der Waals surface area contributed by atoms with Crippen LogP contribution >= 0.6 is 0 Å². The molecule has 0 aliphatic heterocycles. The zero-order valence-corrected chi connectivity index (χ0v) is 10.9. The van der Waals surface area contributed by atoms with Gasteiger partial charge in [-0.15, -0.1) is 0 Å². The molecule has 2 nitrogen and oxygen atoms in total. The molecule has 96 valence electrons. The Morgan fingerprint density at radius 2 is 2.17 bits per heavy atom. The topological polar surface area (TPSA) is 29.1 Å². The van der Waals surface area contributed by atoms with Crippen LogP contribution in [0.15, 0.2) is 42.5 Å². The van der Waals surface area contributed by atoms with E-state index in [2.05, 4.69) is 36.5 Å². The molecule has 0 saturated carbocycles. The van der Waals surface area contributed by atoms with Crippen LogP contribution in [0.4, 0.5) is 0 Å². The van der Waals surface area contributed by atoms with Crippen molar-refractivity contribution in [2.75, 3.05) is 6.54 Å². The summed E-state index contributed by atoms with van der Waals surface area (Å²) in [6.07, 6.45) is 7.22. The molecule has 0 fully saturated rings. The van der Waals surface area contributed by atoms with Crippen LogP contribution in [0.5, 0.6) is 0 Å². The first-order valence-electron chi connectivity index (χ1n) is 6.74. The standard InChI is InChI=1S/C16H21NO/c1-13(15-9-3-2-4-10-15)12-17-16(18)11-14-7-5-6-8-14/h2-5,7,9-10,13-14H,6,8,11-12H2,1H3,(H,17,18). The number of nitrogens with one attached hydrogen (secondary N) is 1. The van der Waals surface area contributed by atoms with Gasteiger partial charge in [0.1, 0.15) is 0 Å². The molecule has 1 aromatic carbocycles. The number of carbonyl (C=O) groups excluding carboxylic acids is 1. The third kappa shape index (κ3) is 3.73. The smallest absolute Gasteiger partial charge is 0.220 e. The molecule has 0 bridgehead atoms. The minimum absolute atomic E-state index is 0.175. The molecule has 0 aromatic heterocycles. The van der Waals surface area contributed by atoms with E-state index in [9.17, 15) is 4.79 Å². The number of hydrogen-bond acceptors (Lipinski definition) is 1. The summed E-state index contributed by atoms with van der Waals surface area (Å²) in [7, 11) is 0. The molecule has 1 amide bonds. The normalized spacial score (nSPS) is 19.7. The Bertz CT molecular complexity index is 410. The predicted octanol–water partition coefficient (Wildman–Crippen LogP) is 3.26. The van der Waals surface area contributed by atoms with Gasteiger partial charge in [0.05, 0.1) is 0 Å². The van der Waals surface area contributed by atoms with Gasteiger partial charge in [0, 0.05) is 13.0 Å². The first-order valence-corrected chi connectivity index (χ1v) is 6.74. The average molecular weight is 243 g/mol. The van der Waals surface area contributed by atoms with E-state index in [-0.39, 0.29) is 5.91 Å². The van der Waals surface area contributed by atoms with Gasteiger partial charge in [0.15, 0.2) is 0 Å². The van der Waals surface area contributed by atoms with Crippen LogP contribution < -0.4 is 5.32 Å². The van der Waals surface area contributed by atoms with Crippen molar-refractivity contribution >= 4 is 5.91 Å². The fourth-order valence-electron chi connectivity index (χ4n) is 2.34. The minimum atomic E-state index is 0.175. The van der Waals surface area contributed by atoms with E-state index in [1.165, 1.54) is 5.56 Å². The number of amides is 1. The van der Waals surface area contributed by atoms with Crippen LogP contribution in [0.2, 0.25) is 0 Å². The van der Waals surface area contributed by atoms with Gasteiger partial charge in [-0.1, -0.05) is 49.4 Å². The molecule has 0 heterocycles. The molecule has 18 heavy (non-hydrogen) atoms. The van der Waals surface area contributed by atoms with Crippen molar-refractivity contribution in [3.05, 3.63) is 48.0 Å². The maximum atomic E-state index is 11.8. The Balaban J connectivity index is 1.74. The maximum absolute atomic E-state index is 11.8. The lowest BCUT2D eigenvalue weighted by Gasteiger charge is -2.14. The molecular formula is C16H21NO. The molecular weight excluding hydrogens is 222 g/mol. The quantitative estimate of drug-likeness (QED) is 0.790. The summed E-state index contributed by atoms with van der Waals surface area (Å²) >= 11 is 0. The summed E-state index contributed by atoms with van der Waals surface area (Å²) in [4.78, 5) is 11.8. The van der Waals surface area contributed by atoms with Crippen LogP contribution in [-0.2, 0) is 4.79 Å². The van der Waals surface area contributed by atoms with Crippen LogP contribution in [-0.4, -0.2) is 12.5 Å². The predicted molar refractivity (Wildman–Crippen MR) is 74.3 cm³/mol. The van der Waals surface area contributed by atoms with Gasteiger partial charge in [-0.25, -0.2) is 0 Å². The zero-order valence-electron chi connectivity index (χ0n) is 10.9. The van der Waals surface area contributed by atoms with Gasteiger partial charge in [0.2, 0.25) is 5.91 Å². The molecule has 2 rings (SSSR count). The molecule has 1 aliphatic carbocycles. The van der Waals surface area contributed by atoms with E-state index >= 15 is 0 Å². The summed E-state index contributed by atoms with van der Waals surface area (Å²) in [5.41, 5.74) is 1.28. The van der Waals surface area contributed by atoms with E-state index in [4.69, 9.17) is 0 Å². The molecule has 0 radical (unpaired) electrons. The van der Waals surface area contributed by atoms with Crippen molar-refractivity contribution in [3.8, 4) is 0 Å². The SMILES string of the molecule is CC(CNC(=O)CC1C=CCC1)c1ccccc1. The van der Waals surface area contributed by atoms with Crippen molar-refractivity contribution in [2.24, 2.45) is 5.92 Å². The lowest BCUT2D eigenvalue weighted by atomic mass is 10.0. The lowest BCUT2D eigenvalue weighted by molar-refractivity contribution is -0.121. The van der Waals surface area contributed by atoms with E-state index < -0.39 is 0 Å². The first-order chi connectivity index (χ1) is 8.75. The fourth-order valence-corrected chi connectivity index (χ4v) is 2.34. The van der Waals surface area contributed by atoms with Crippen LogP contribution in [0.3, 0.4) is 0 Å². The second-order valence-electron chi connectivity index (χ2n) is 5.09.